The number of aryl methyl sites for hydroxylation is 3. The molecule has 0 aromatic carbocycles. The predicted octanol–water partition coefficient (Wildman–Crippen LogP) is 2.00. The van der Waals surface area contributed by atoms with Crippen LogP contribution in [0.25, 0.3) is 0 Å². The van der Waals surface area contributed by atoms with E-state index in [-0.39, 0.29) is 11.9 Å². The van der Waals surface area contributed by atoms with Crippen molar-refractivity contribution in [2.75, 3.05) is 32.8 Å². The fraction of sp³-hybridized carbons (Fsp3) is 0.529. The van der Waals surface area contributed by atoms with E-state index in [1.165, 1.54) is 0 Å². The van der Waals surface area contributed by atoms with Gasteiger partial charge in [0.1, 0.15) is 22.8 Å². The Hall–Kier alpha value is -2.12. The smallest absolute Gasteiger partial charge is 0.256 e. The molecule has 0 unspecified atom stereocenters. The average molecular weight is 333 g/mol. The van der Waals surface area contributed by atoms with Crippen molar-refractivity contribution < 1.29 is 18.5 Å². The molecule has 7 heteroatoms. The number of carbonyl (C=O) groups is 1. The lowest BCUT2D eigenvalue weighted by molar-refractivity contribution is 0.0117. The standard InChI is InChI=1S/C17H23N3O4/c1-11-4-5-15(23-11)14(20-6-8-22-9-7-20)10-18-17(21)16-12(2)19-24-13(16)3/h4-5,14H,6-10H2,1-3H3,(H,18,21)/t14-/m0/s1. The zero-order chi connectivity index (χ0) is 17.1. The van der Waals surface area contributed by atoms with Crippen LogP contribution >= 0.6 is 0 Å². The molecule has 1 fully saturated rings. The van der Waals surface area contributed by atoms with Gasteiger partial charge in [-0.25, -0.2) is 0 Å². The largest absolute Gasteiger partial charge is 0.465 e. The first-order chi connectivity index (χ1) is 11.6. The summed E-state index contributed by atoms with van der Waals surface area (Å²) in [4.78, 5) is 14.8. The van der Waals surface area contributed by atoms with Crippen molar-refractivity contribution in [1.29, 1.82) is 0 Å². The Balaban J connectivity index is 1.73. The molecule has 0 bridgehead atoms. The van der Waals surface area contributed by atoms with Crippen molar-refractivity contribution in [3.8, 4) is 0 Å². The third kappa shape index (κ3) is 3.52. The molecule has 130 valence electrons. The molecule has 1 atom stereocenters. The normalized spacial score (nSPS) is 17.0. The van der Waals surface area contributed by atoms with Crippen LogP contribution in [0.1, 0.15) is 39.4 Å². The van der Waals surface area contributed by atoms with Gasteiger partial charge in [-0.1, -0.05) is 5.16 Å². The van der Waals surface area contributed by atoms with Crippen LogP contribution in [0.5, 0.6) is 0 Å². The van der Waals surface area contributed by atoms with Gasteiger partial charge in [-0.3, -0.25) is 9.69 Å². The molecule has 7 nitrogen and oxygen atoms in total. The Morgan fingerprint density at radius 1 is 1.29 bits per heavy atom. The van der Waals surface area contributed by atoms with Crippen molar-refractivity contribution >= 4 is 5.91 Å². The molecule has 24 heavy (non-hydrogen) atoms. The molecule has 1 N–H and O–H groups in total. The van der Waals surface area contributed by atoms with Gasteiger partial charge in [0.2, 0.25) is 0 Å². The van der Waals surface area contributed by atoms with E-state index in [4.69, 9.17) is 13.7 Å². The quantitative estimate of drug-likeness (QED) is 0.901. The maximum absolute atomic E-state index is 12.5. The lowest BCUT2D eigenvalue weighted by atomic mass is 10.1. The first-order valence-corrected chi connectivity index (χ1v) is 8.15. The molecule has 0 aliphatic carbocycles. The summed E-state index contributed by atoms with van der Waals surface area (Å²) in [7, 11) is 0. The minimum Gasteiger partial charge on any atom is -0.465 e. The number of nitrogens with zero attached hydrogens (tertiary/aromatic N) is 2. The van der Waals surface area contributed by atoms with E-state index < -0.39 is 0 Å². The first-order valence-electron chi connectivity index (χ1n) is 8.15. The zero-order valence-corrected chi connectivity index (χ0v) is 14.3. The summed E-state index contributed by atoms with van der Waals surface area (Å²) in [5, 5.41) is 6.82. The summed E-state index contributed by atoms with van der Waals surface area (Å²) in [5.74, 6) is 2.07. The van der Waals surface area contributed by atoms with Crippen molar-refractivity contribution in [1.82, 2.24) is 15.4 Å². The molecule has 0 radical (unpaired) electrons. The highest BCUT2D eigenvalue weighted by Gasteiger charge is 2.27. The number of rotatable bonds is 5. The number of nitrogens with one attached hydrogen (secondary N) is 1. The highest BCUT2D eigenvalue weighted by Crippen LogP contribution is 2.23. The fourth-order valence-corrected chi connectivity index (χ4v) is 3.02. The minimum absolute atomic E-state index is 0.0213. The Kier molecular flexibility index (Phi) is 5.01. The highest BCUT2D eigenvalue weighted by atomic mass is 16.5. The van der Waals surface area contributed by atoms with Crippen LogP contribution in [0.3, 0.4) is 0 Å². The molecule has 1 aliphatic rings. The van der Waals surface area contributed by atoms with Crippen LogP contribution in [0.15, 0.2) is 21.1 Å². The van der Waals surface area contributed by atoms with Crippen LogP contribution in [0.2, 0.25) is 0 Å². The van der Waals surface area contributed by atoms with Crippen LogP contribution in [0.4, 0.5) is 0 Å². The summed E-state index contributed by atoms with van der Waals surface area (Å²) in [5.41, 5.74) is 1.10. The fourth-order valence-electron chi connectivity index (χ4n) is 3.02. The second kappa shape index (κ2) is 7.19. The summed E-state index contributed by atoms with van der Waals surface area (Å²) in [6.07, 6.45) is 0. The van der Waals surface area contributed by atoms with Gasteiger partial charge in [0.15, 0.2) is 0 Å². The number of hydrogen-bond donors (Lipinski definition) is 1. The second-order valence-electron chi connectivity index (χ2n) is 6.02. The van der Waals surface area contributed by atoms with Gasteiger partial charge in [0, 0.05) is 19.6 Å². The average Bonchev–Trinajstić information content (AvgIpc) is 3.14. The number of amides is 1. The summed E-state index contributed by atoms with van der Waals surface area (Å²) >= 11 is 0. The maximum atomic E-state index is 12.5. The zero-order valence-electron chi connectivity index (χ0n) is 14.3. The number of furan rings is 1. The molecule has 1 saturated heterocycles. The van der Waals surface area contributed by atoms with Gasteiger partial charge in [0.05, 0.1) is 24.9 Å². The highest BCUT2D eigenvalue weighted by molar-refractivity contribution is 5.96. The van der Waals surface area contributed by atoms with Crippen LogP contribution < -0.4 is 5.32 Å². The third-order valence-corrected chi connectivity index (χ3v) is 4.29. The summed E-state index contributed by atoms with van der Waals surface area (Å²) in [6.45, 7) is 8.88. The molecule has 1 amide bonds. The summed E-state index contributed by atoms with van der Waals surface area (Å²) in [6, 6.07) is 3.89. The van der Waals surface area contributed by atoms with Gasteiger partial charge >= 0.3 is 0 Å². The van der Waals surface area contributed by atoms with Crippen molar-refractivity contribution in [2.24, 2.45) is 0 Å². The lowest BCUT2D eigenvalue weighted by Gasteiger charge is -2.33. The molecule has 0 saturated carbocycles. The third-order valence-electron chi connectivity index (χ3n) is 4.29. The van der Waals surface area contributed by atoms with Crippen molar-refractivity contribution in [3.63, 3.8) is 0 Å². The monoisotopic (exact) mass is 333 g/mol. The molecule has 2 aromatic rings. The van der Waals surface area contributed by atoms with Gasteiger partial charge in [-0.15, -0.1) is 0 Å². The SMILES string of the molecule is Cc1ccc([C@H](CNC(=O)c2c(C)noc2C)N2CCOCC2)o1. The van der Waals surface area contributed by atoms with E-state index in [2.05, 4.69) is 15.4 Å². The Labute approximate surface area is 140 Å². The molecule has 3 rings (SSSR count). The van der Waals surface area contributed by atoms with Gasteiger partial charge in [-0.05, 0) is 32.9 Å². The van der Waals surface area contributed by atoms with Crippen LogP contribution in [-0.4, -0.2) is 48.8 Å². The topological polar surface area (TPSA) is 80.7 Å². The van der Waals surface area contributed by atoms with Crippen molar-refractivity contribution in [3.05, 3.63) is 40.7 Å². The molecule has 3 heterocycles. The Morgan fingerprint density at radius 3 is 2.62 bits per heavy atom. The number of aromatic nitrogens is 1. The molecule has 1 aliphatic heterocycles. The second-order valence-corrected chi connectivity index (χ2v) is 6.02. The maximum Gasteiger partial charge on any atom is 0.256 e. The summed E-state index contributed by atoms with van der Waals surface area (Å²) < 4.78 is 16.3. The minimum atomic E-state index is -0.173. The molecule has 0 spiro atoms. The molecular formula is C17H23N3O4. The van der Waals surface area contributed by atoms with E-state index in [0.717, 1.165) is 24.6 Å². The number of ether oxygens (including phenoxy) is 1. The van der Waals surface area contributed by atoms with Gasteiger partial charge in [-0.2, -0.15) is 0 Å². The first kappa shape index (κ1) is 16.7. The predicted molar refractivity (Wildman–Crippen MR) is 86.9 cm³/mol. The lowest BCUT2D eigenvalue weighted by Crippen LogP contribution is -2.43. The van der Waals surface area contributed by atoms with E-state index >= 15 is 0 Å². The number of morpholine rings is 1. The number of hydrogen-bond acceptors (Lipinski definition) is 6. The Morgan fingerprint density at radius 2 is 2.04 bits per heavy atom. The van der Waals surface area contributed by atoms with E-state index in [1.54, 1.807) is 13.8 Å². The Bertz CT molecular complexity index is 681. The molecular weight excluding hydrogens is 310 g/mol. The molecule has 2 aromatic heterocycles. The van der Waals surface area contributed by atoms with Crippen LogP contribution in [0, 0.1) is 20.8 Å². The van der Waals surface area contributed by atoms with Crippen molar-refractivity contribution in [2.45, 2.75) is 26.8 Å². The number of carbonyl (C=O) groups excluding carboxylic acids is 1. The van der Waals surface area contributed by atoms with Crippen LogP contribution in [-0.2, 0) is 4.74 Å². The van der Waals surface area contributed by atoms with E-state index in [1.807, 2.05) is 19.1 Å². The van der Waals surface area contributed by atoms with E-state index in [0.29, 0.717) is 36.8 Å². The van der Waals surface area contributed by atoms with E-state index in [9.17, 15) is 4.79 Å². The van der Waals surface area contributed by atoms with Gasteiger partial charge < -0.3 is 19.0 Å². The van der Waals surface area contributed by atoms with Gasteiger partial charge in [0.25, 0.3) is 5.91 Å².